The molecule has 0 bridgehead atoms. The maximum atomic E-state index is 10.6. The van der Waals surface area contributed by atoms with Gasteiger partial charge < -0.3 is 26.2 Å². The number of carboxylic acids is 1. The number of carbonyl (C=O) groups is 1. The molecule has 0 fully saturated rings. The number of oxime groups is 2. The van der Waals surface area contributed by atoms with Crippen molar-refractivity contribution >= 4 is 17.4 Å². The normalized spacial score (nSPS) is 14.0. The topological polar surface area (TPSA) is 127 Å². The van der Waals surface area contributed by atoms with Crippen molar-refractivity contribution in [1.82, 2.24) is 10.6 Å². The highest BCUT2D eigenvalue weighted by Crippen LogP contribution is 2.16. The van der Waals surface area contributed by atoms with Crippen LogP contribution in [0.15, 0.2) is 10.3 Å². The predicted molar refractivity (Wildman–Crippen MR) is 94.3 cm³/mol. The van der Waals surface area contributed by atoms with Crippen molar-refractivity contribution in [3.05, 3.63) is 0 Å². The second kappa shape index (κ2) is 10.2. The van der Waals surface area contributed by atoms with Gasteiger partial charge in [-0.1, -0.05) is 24.2 Å². The summed E-state index contributed by atoms with van der Waals surface area (Å²) >= 11 is 0. The van der Waals surface area contributed by atoms with Crippen molar-refractivity contribution in [2.45, 2.75) is 59.4 Å². The van der Waals surface area contributed by atoms with Crippen LogP contribution in [0.25, 0.3) is 0 Å². The first kappa shape index (κ1) is 22.3. The zero-order valence-corrected chi connectivity index (χ0v) is 15.4. The second-order valence-electron chi connectivity index (χ2n) is 7.09. The fourth-order valence-corrected chi connectivity index (χ4v) is 2.09. The fraction of sp³-hybridized carbons (Fsp3) is 0.812. The SMILES string of the molecule is C/C(=N\O)C(C)(C)CNCCCNC(C)(C)/C(CCC(=O)O)=N/O. The van der Waals surface area contributed by atoms with E-state index < -0.39 is 11.5 Å². The Morgan fingerprint density at radius 2 is 1.67 bits per heavy atom. The van der Waals surface area contributed by atoms with Crippen LogP contribution < -0.4 is 10.6 Å². The Bertz CT molecular complexity index is 459. The summed E-state index contributed by atoms with van der Waals surface area (Å²) in [4.78, 5) is 10.6. The predicted octanol–water partition coefficient (Wildman–Crippen LogP) is 1.91. The summed E-state index contributed by atoms with van der Waals surface area (Å²) in [6.45, 7) is 11.7. The van der Waals surface area contributed by atoms with Gasteiger partial charge in [0.25, 0.3) is 0 Å². The number of hydrogen-bond donors (Lipinski definition) is 5. The molecule has 0 radical (unpaired) electrons. The maximum absolute atomic E-state index is 10.6. The summed E-state index contributed by atoms with van der Waals surface area (Å²) in [5.41, 5.74) is 0.323. The molecule has 0 unspecified atom stereocenters. The third-order valence-corrected chi connectivity index (χ3v) is 4.21. The summed E-state index contributed by atoms with van der Waals surface area (Å²) in [5.74, 6) is -0.916. The molecule has 0 aliphatic rings. The fourth-order valence-electron chi connectivity index (χ4n) is 2.09. The highest BCUT2D eigenvalue weighted by molar-refractivity contribution is 5.94. The number of hydrogen-bond acceptors (Lipinski definition) is 7. The average molecular weight is 344 g/mol. The van der Waals surface area contributed by atoms with Crippen molar-refractivity contribution in [2.75, 3.05) is 19.6 Å². The Morgan fingerprint density at radius 3 is 2.17 bits per heavy atom. The lowest BCUT2D eigenvalue weighted by Gasteiger charge is -2.27. The molecule has 0 spiro atoms. The van der Waals surface area contributed by atoms with Gasteiger partial charge in [-0.15, -0.1) is 0 Å². The largest absolute Gasteiger partial charge is 0.481 e. The number of aliphatic carboxylic acids is 1. The van der Waals surface area contributed by atoms with E-state index in [0.717, 1.165) is 13.0 Å². The van der Waals surface area contributed by atoms with Gasteiger partial charge >= 0.3 is 5.97 Å². The molecule has 0 amide bonds. The monoisotopic (exact) mass is 344 g/mol. The van der Waals surface area contributed by atoms with Crippen molar-refractivity contribution in [3.8, 4) is 0 Å². The maximum Gasteiger partial charge on any atom is 0.303 e. The average Bonchev–Trinajstić information content (AvgIpc) is 2.49. The van der Waals surface area contributed by atoms with Gasteiger partial charge in [-0.2, -0.15) is 0 Å². The molecule has 8 nitrogen and oxygen atoms in total. The molecule has 24 heavy (non-hydrogen) atoms. The van der Waals surface area contributed by atoms with Crippen molar-refractivity contribution < 1.29 is 20.3 Å². The minimum absolute atomic E-state index is 0.0626. The smallest absolute Gasteiger partial charge is 0.303 e. The zero-order valence-electron chi connectivity index (χ0n) is 15.4. The molecule has 0 heterocycles. The van der Waals surface area contributed by atoms with E-state index >= 15 is 0 Å². The van der Waals surface area contributed by atoms with Gasteiger partial charge in [0.2, 0.25) is 0 Å². The van der Waals surface area contributed by atoms with Crippen LogP contribution in [0.1, 0.15) is 53.9 Å². The molecule has 0 saturated carbocycles. The first-order chi connectivity index (χ1) is 11.1. The first-order valence-electron chi connectivity index (χ1n) is 8.15. The molecule has 0 aromatic heterocycles. The lowest BCUT2D eigenvalue weighted by molar-refractivity contribution is -0.136. The Labute approximate surface area is 144 Å². The van der Waals surface area contributed by atoms with Crippen LogP contribution in [0.3, 0.4) is 0 Å². The molecular formula is C16H32N4O4. The minimum atomic E-state index is -0.916. The Kier molecular flexibility index (Phi) is 9.53. The third-order valence-electron chi connectivity index (χ3n) is 4.21. The van der Waals surface area contributed by atoms with E-state index in [2.05, 4.69) is 20.9 Å². The molecule has 8 heteroatoms. The van der Waals surface area contributed by atoms with E-state index in [4.69, 9.17) is 15.5 Å². The summed E-state index contributed by atoms with van der Waals surface area (Å²) in [6, 6.07) is 0. The molecule has 0 rings (SSSR count). The molecule has 0 aromatic carbocycles. The van der Waals surface area contributed by atoms with Crippen molar-refractivity contribution in [2.24, 2.45) is 15.7 Å². The molecule has 140 valence electrons. The molecule has 0 aliphatic heterocycles. The number of nitrogens with one attached hydrogen (secondary N) is 2. The van der Waals surface area contributed by atoms with Gasteiger partial charge in [-0.05, 0) is 40.3 Å². The summed E-state index contributed by atoms with van der Waals surface area (Å²) < 4.78 is 0. The van der Waals surface area contributed by atoms with Gasteiger partial charge in [0.1, 0.15) is 0 Å². The molecule has 0 aliphatic carbocycles. The summed E-state index contributed by atoms with van der Waals surface area (Å²) in [6.07, 6.45) is 0.997. The quantitative estimate of drug-likeness (QED) is 0.159. The Balaban J connectivity index is 4.15. The van der Waals surface area contributed by atoms with E-state index in [1.165, 1.54) is 0 Å². The van der Waals surface area contributed by atoms with Gasteiger partial charge in [0, 0.05) is 18.4 Å². The van der Waals surface area contributed by atoms with Crippen molar-refractivity contribution in [1.29, 1.82) is 0 Å². The molecule has 0 aromatic rings. The van der Waals surface area contributed by atoms with E-state index in [1.807, 2.05) is 27.7 Å². The van der Waals surface area contributed by atoms with Crippen LogP contribution in [0.4, 0.5) is 0 Å². The number of carboxylic acid groups (broad SMARTS) is 1. The Hall–Kier alpha value is -1.67. The van der Waals surface area contributed by atoms with E-state index in [-0.39, 0.29) is 18.3 Å². The lowest BCUT2D eigenvalue weighted by Crippen LogP contribution is -2.48. The molecule has 5 N–H and O–H groups in total. The zero-order chi connectivity index (χ0) is 18.8. The van der Waals surface area contributed by atoms with Crippen LogP contribution in [0.2, 0.25) is 0 Å². The van der Waals surface area contributed by atoms with Crippen LogP contribution >= 0.6 is 0 Å². The minimum Gasteiger partial charge on any atom is -0.481 e. The van der Waals surface area contributed by atoms with Crippen LogP contribution in [-0.4, -0.2) is 58.1 Å². The van der Waals surface area contributed by atoms with Crippen LogP contribution in [-0.2, 0) is 4.79 Å². The first-order valence-corrected chi connectivity index (χ1v) is 8.15. The third kappa shape index (κ3) is 8.26. The van der Waals surface area contributed by atoms with Crippen LogP contribution in [0, 0.1) is 5.41 Å². The van der Waals surface area contributed by atoms with Crippen molar-refractivity contribution in [3.63, 3.8) is 0 Å². The molecule has 0 saturated heterocycles. The highest BCUT2D eigenvalue weighted by Gasteiger charge is 2.25. The lowest BCUT2D eigenvalue weighted by atomic mass is 9.88. The van der Waals surface area contributed by atoms with E-state index in [9.17, 15) is 4.79 Å². The molecule has 0 atom stereocenters. The Morgan fingerprint density at radius 1 is 1.04 bits per heavy atom. The van der Waals surface area contributed by atoms with E-state index in [0.29, 0.717) is 24.5 Å². The molecular weight excluding hydrogens is 312 g/mol. The van der Waals surface area contributed by atoms with Gasteiger partial charge in [-0.3, -0.25) is 4.79 Å². The van der Waals surface area contributed by atoms with Gasteiger partial charge in [0.15, 0.2) is 0 Å². The standard InChI is InChI=1S/C16H32N4O4/c1-12(19-23)15(2,3)11-17-9-6-10-18-16(4,5)13(20-24)7-8-14(21)22/h17-18,23-24H,6-11H2,1-5H3,(H,21,22)/b19-12+,20-13+. The number of nitrogens with zero attached hydrogens (tertiary/aromatic N) is 2. The van der Waals surface area contributed by atoms with E-state index in [1.54, 1.807) is 6.92 Å². The highest BCUT2D eigenvalue weighted by atomic mass is 16.4. The summed E-state index contributed by atoms with van der Waals surface area (Å²) in [7, 11) is 0. The van der Waals surface area contributed by atoms with Crippen LogP contribution in [0.5, 0.6) is 0 Å². The van der Waals surface area contributed by atoms with Gasteiger partial charge in [-0.25, -0.2) is 0 Å². The number of rotatable bonds is 12. The van der Waals surface area contributed by atoms with Gasteiger partial charge in [0.05, 0.1) is 23.4 Å². The summed E-state index contributed by atoms with van der Waals surface area (Å²) in [5, 5.41) is 39.8. The second-order valence-corrected chi connectivity index (χ2v) is 7.09.